The molecule has 0 heterocycles. The average molecular weight is 195 g/mol. The summed E-state index contributed by atoms with van der Waals surface area (Å²) in [7, 11) is 1.82. The summed E-state index contributed by atoms with van der Waals surface area (Å²) < 4.78 is 5.65. The number of hydrogen-bond acceptors (Lipinski definition) is 4. The zero-order valence-corrected chi connectivity index (χ0v) is 8.79. The maximum absolute atomic E-state index is 5.74. The number of nitrogens with two attached hydrogens (primary N) is 2. The molecule has 0 fully saturated rings. The van der Waals surface area contributed by atoms with Crippen LogP contribution < -0.4 is 21.5 Å². The number of rotatable bonds is 3. The highest BCUT2D eigenvalue weighted by molar-refractivity contribution is 5.59. The first-order valence-corrected chi connectivity index (χ1v) is 4.47. The smallest absolute Gasteiger partial charge is 0.155 e. The van der Waals surface area contributed by atoms with Crippen molar-refractivity contribution in [3.8, 4) is 5.75 Å². The molecule has 0 spiro atoms. The van der Waals surface area contributed by atoms with Crippen molar-refractivity contribution in [3.63, 3.8) is 0 Å². The first-order chi connectivity index (χ1) is 6.44. The van der Waals surface area contributed by atoms with Crippen molar-refractivity contribution in [1.29, 1.82) is 0 Å². The Morgan fingerprint density at radius 3 is 2.50 bits per heavy atom. The molecule has 0 radical (unpaired) electrons. The molecule has 0 unspecified atom stereocenters. The van der Waals surface area contributed by atoms with Crippen molar-refractivity contribution in [2.24, 2.45) is 0 Å². The third kappa shape index (κ3) is 2.53. The van der Waals surface area contributed by atoms with E-state index in [1.165, 1.54) is 0 Å². The Morgan fingerprint density at radius 1 is 1.29 bits per heavy atom. The molecule has 1 rings (SSSR count). The van der Waals surface area contributed by atoms with Crippen molar-refractivity contribution >= 4 is 11.4 Å². The number of hydrogen-bond donors (Lipinski definition) is 3. The van der Waals surface area contributed by atoms with Gasteiger partial charge < -0.3 is 16.2 Å². The van der Waals surface area contributed by atoms with E-state index in [2.05, 4.69) is 5.32 Å². The molecular weight excluding hydrogens is 178 g/mol. The van der Waals surface area contributed by atoms with Crippen molar-refractivity contribution in [3.05, 3.63) is 18.2 Å². The summed E-state index contributed by atoms with van der Waals surface area (Å²) in [5.41, 5.74) is 12.1. The van der Waals surface area contributed by atoms with E-state index in [9.17, 15) is 0 Å². The van der Waals surface area contributed by atoms with Gasteiger partial charge in [-0.1, -0.05) is 0 Å². The van der Waals surface area contributed by atoms with Crippen molar-refractivity contribution in [2.45, 2.75) is 19.6 Å². The lowest BCUT2D eigenvalue weighted by molar-refractivity contribution is 0.0815. The van der Waals surface area contributed by atoms with Gasteiger partial charge in [-0.05, 0) is 33.0 Å². The Kier molecular flexibility index (Phi) is 2.86. The summed E-state index contributed by atoms with van der Waals surface area (Å²) >= 11 is 0. The fourth-order valence-electron chi connectivity index (χ4n) is 0.965. The minimum atomic E-state index is -0.456. The minimum Gasteiger partial charge on any atom is -0.471 e. The lowest BCUT2D eigenvalue weighted by atomic mass is 10.2. The monoisotopic (exact) mass is 195 g/mol. The maximum atomic E-state index is 5.74. The zero-order valence-electron chi connectivity index (χ0n) is 8.79. The van der Waals surface area contributed by atoms with Crippen LogP contribution in [0.4, 0.5) is 11.4 Å². The standard InChI is InChI=1S/C10H17N3O/c1-10(2,13-3)14-9-6-7(11)4-5-8(9)12/h4-6,13H,11-12H2,1-3H3. The Balaban J connectivity index is 2.91. The van der Waals surface area contributed by atoms with Crippen LogP contribution in [0.25, 0.3) is 0 Å². The molecule has 1 aromatic carbocycles. The van der Waals surface area contributed by atoms with Crippen LogP contribution in [0.2, 0.25) is 0 Å². The zero-order chi connectivity index (χ0) is 10.8. The molecule has 0 aliphatic heterocycles. The molecule has 1 aromatic rings. The Hall–Kier alpha value is -1.42. The molecular formula is C10H17N3O. The van der Waals surface area contributed by atoms with Crippen molar-refractivity contribution in [2.75, 3.05) is 18.5 Å². The molecule has 4 heteroatoms. The summed E-state index contributed by atoms with van der Waals surface area (Å²) in [6, 6.07) is 5.19. The molecule has 0 aromatic heterocycles. The van der Waals surface area contributed by atoms with Gasteiger partial charge in [-0.25, -0.2) is 0 Å². The number of nitrogens with one attached hydrogen (secondary N) is 1. The van der Waals surface area contributed by atoms with Crippen LogP contribution in [-0.4, -0.2) is 12.8 Å². The third-order valence-electron chi connectivity index (χ3n) is 2.00. The fraction of sp³-hybridized carbons (Fsp3) is 0.400. The second-order valence-electron chi connectivity index (χ2n) is 3.66. The van der Waals surface area contributed by atoms with Gasteiger partial charge in [0.05, 0.1) is 5.69 Å². The Bertz CT molecular complexity index is 323. The number of benzene rings is 1. The summed E-state index contributed by atoms with van der Waals surface area (Å²) in [4.78, 5) is 0. The molecule has 4 nitrogen and oxygen atoms in total. The van der Waals surface area contributed by atoms with E-state index in [1.807, 2.05) is 20.9 Å². The van der Waals surface area contributed by atoms with E-state index in [0.717, 1.165) is 0 Å². The summed E-state index contributed by atoms with van der Waals surface area (Å²) in [6.45, 7) is 3.82. The van der Waals surface area contributed by atoms with E-state index < -0.39 is 5.72 Å². The van der Waals surface area contributed by atoms with Crippen LogP contribution in [0.15, 0.2) is 18.2 Å². The molecule has 5 N–H and O–H groups in total. The van der Waals surface area contributed by atoms with Gasteiger partial charge in [0.15, 0.2) is 5.72 Å². The summed E-state index contributed by atoms with van der Waals surface area (Å²) in [5, 5.41) is 3.02. The quantitative estimate of drug-likeness (QED) is 0.500. The molecule has 0 amide bonds. The molecule has 0 bridgehead atoms. The lowest BCUT2D eigenvalue weighted by Gasteiger charge is -2.26. The van der Waals surface area contributed by atoms with Gasteiger partial charge >= 0.3 is 0 Å². The topological polar surface area (TPSA) is 73.3 Å². The van der Waals surface area contributed by atoms with Crippen LogP contribution in [0.5, 0.6) is 5.75 Å². The average Bonchev–Trinajstić information content (AvgIpc) is 2.11. The first-order valence-electron chi connectivity index (χ1n) is 4.47. The summed E-state index contributed by atoms with van der Waals surface area (Å²) in [6.07, 6.45) is 0. The molecule has 0 atom stereocenters. The van der Waals surface area contributed by atoms with Gasteiger partial charge in [0.1, 0.15) is 5.75 Å². The van der Waals surface area contributed by atoms with Gasteiger partial charge in [0, 0.05) is 11.8 Å². The van der Waals surface area contributed by atoms with E-state index >= 15 is 0 Å². The predicted octanol–water partition coefficient (Wildman–Crippen LogP) is 1.19. The second-order valence-corrected chi connectivity index (χ2v) is 3.66. The first kappa shape index (κ1) is 10.7. The van der Waals surface area contributed by atoms with Gasteiger partial charge in [-0.2, -0.15) is 0 Å². The number of anilines is 2. The van der Waals surface area contributed by atoms with E-state index in [-0.39, 0.29) is 0 Å². The Morgan fingerprint density at radius 2 is 1.93 bits per heavy atom. The number of nitrogen functional groups attached to an aromatic ring is 2. The van der Waals surface area contributed by atoms with Crippen molar-refractivity contribution < 1.29 is 4.74 Å². The normalized spacial score (nSPS) is 11.4. The van der Waals surface area contributed by atoms with Crippen molar-refractivity contribution in [1.82, 2.24) is 5.32 Å². The third-order valence-corrected chi connectivity index (χ3v) is 2.00. The van der Waals surface area contributed by atoms with Crippen LogP contribution in [0.1, 0.15) is 13.8 Å². The van der Waals surface area contributed by atoms with Gasteiger partial charge in [0.25, 0.3) is 0 Å². The lowest BCUT2D eigenvalue weighted by Crippen LogP contribution is -2.42. The van der Waals surface area contributed by atoms with E-state index in [0.29, 0.717) is 17.1 Å². The molecule has 0 aliphatic carbocycles. The predicted molar refractivity (Wildman–Crippen MR) is 59.0 cm³/mol. The highest BCUT2D eigenvalue weighted by Crippen LogP contribution is 2.26. The molecule has 78 valence electrons. The van der Waals surface area contributed by atoms with E-state index in [1.54, 1.807) is 18.2 Å². The van der Waals surface area contributed by atoms with Gasteiger partial charge in [0.2, 0.25) is 0 Å². The van der Waals surface area contributed by atoms with Gasteiger partial charge in [-0.3, -0.25) is 5.32 Å². The Labute approximate surface area is 84.2 Å². The second kappa shape index (κ2) is 3.75. The SMILES string of the molecule is CNC(C)(C)Oc1cc(N)ccc1N. The number of ether oxygens (including phenoxy) is 1. The van der Waals surface area contributed by atoms with Crippen LogP contribution in [0.3, 0.4) is 0 Å². The van der Waals surface area contributed by atoms with E-state index in [4.69, 9.17) is 16.2 Å². The highest BCUT2D eigenvalue weighted by Gasteiger charge is 2.17. The molecule has 0 saturated heterocycles. The van der Waals surface area contributed by atoms with Gasteiger partial charge in [-0.15, -0.1) is 0 Å². The van der Waals surface area contributed by atoms with Crippen LogP contribution in [0, 0.1) is 0 Å². The summed E-state index contributed by atoms with van der Waals surface area (Å²) in [5.74, 6) is 0.601. The van der Waals surface area contributed by atoms with Crippen LogP contribution in [-0.2, 0) is 0 Å². The highest BCUT2D eigenvalue weighted by atomic mass is 16.5. The largest absolute Gasteiger partial charge is 0.471 e. The molecule has 0 aliphatic rings. The minimum absolute atomic E-state index is 0.456. The molecule has 0 saturated carbocycles. The fourth-order valence-corrected chi connectivity index (χ4v) is 0.965. The maximum Gasteiger partial charge on any atom is 0.155 e. The van der Waals surface area contributed by atoms with Crippen LogP contribution >= 0.6 is 0 Å². The molecule has 14 heavy (non-hydrogen) atoms.